The quantitative estimate of drug-likeness (QED) is 0.0267. The molecule has 11 nitrogen and oxygen atoms in total. The molecule has 1 unspecified atom stereocenters. The molecule has 6 N–H and O–H groups in total. The maximum Gasteiger partial charge on any atom is 0.328 e. The fourth-order valence-corrected chi connectivity index (χ4v) is 7.12. The van der Waals surface area contributed by atoms with Crippen molar-refractivity contribution in [3.05, 3.63) is 0 Å². The molecule has 0 spiro atoms. The molecule has 0 aromatic carbocycles. The molecule has 0 radical (unpaired) electrons. The van der Waals surface area contributed by atoms with Crippen LogP contribution in [0.3, 0.4) is 0 Å². The van der Waals surface area contributed by atoms with Gasteiger partial charge in [0.2, 0.25) is 0 Å². The van der Waals surface area contributed by atoms with Crippen molar-refractivity contribution in [2.45, 2.75) is 239 Å². The average Bonchev–Trinajstić information content (AvgIpc) is 3.21. The lowest BCUT2D eigenvalue weighted by atomic mass is 10.1. The highest BCUT2D eigenvalue weighted by molar-refractivity contribution is 5.83. The molecule has 0 aromatic heterocycles. The zero-order chi connectivity index (χ0) is 42.4. The fourth-order valence-electron chi connectivity index (χ4n) is 7.12. The van der Waals surface area contributed by atoms with E-state index in [-0.39, 0.29) is 31.2 Å². The topological polar surface area (TPSA) is 150 Å². The third kappa shape index (κ3) is 41.4. The van der Waals surface area contributed by atoms with Crippen LogP contribution >= 0.6 is 0 Å². The smallest absolute Gasteiger partial charge is 0.328 e. The van der Waals surface area contributed by atoms with E-state index < -0.39 is 12.0 Å². The largest absolute Gasteiger partial charge is 0.462 e. The summed E-state index contributed by atoms with van der Waals surface area (Å²) in [5.41, 5.74) is 0. The van der Waals surface area contributed by atoms with Crippen molar-refractivity contribution in [1.29, 1.82) is 0 Å². The molecular weight excluding hydrogens is 729 g/mol. The molecule has 0 aliphatic heterocycles. The van der Waals surface area contributed by atoms with Crippen LogP contribution in [0.2, 0.25) is 0 Å². The summed E-state index contributed by atoms with van der Waals surface area (Å²) in [4.78, 5) is 50.3. The standard InChI is InChI=1S/C47H94N6O5/c1-4-7-10-13-16-19-22-25-28-32-37-48-45(55)50-40-35-31-36-43(53-47(57)51-39-34-30-27-24-21-18-15-12-9-6-3)44(54)58-42-41-52-46(56)49-38-33-29-26-23-20-17-14-11-8-5-2/h43H,4-42H2,1-3H3,(H2,48,50,55)(H2,49,52,56)(H2,51,53,57). The van der Waals surface area contributed by atoms with E-state index in [1.165, 1.54) is 154 Å². The highest BCUT2D eigenvalue weighted by Crippen LogP contribution is 2.12. The van der Waals surface area contributed by atoms with Gasteiger partial charge >= 0.3 is 24.1 Å². The highest BCUT2D eigenvalue weighted by Gasteiger charge is 2.22. The van der Waals surface area contributed by atoms with Crippen LogP contribution in [0.1, 0.15) is 233 Å². The summed E-state index contributed by atoms with van der Waals surface area (Å²) in [7, 11) is 0. The van der Waals surface area contributed by atoms with Gasteiger partial charge in [0.1, 0.15) is 12.6 Å². The van der Waals surface area contributed by atoms with E-state index in [0.29, 0.717) is 45.4 Å². The van der Waals surface area contributed by atoms with E-state index in [0.717, 1.165) is 38.5 Å². The number of ether oxygens (including phenoxy) is 1. The zero-order valence-corrected chi connectivity index (χ0v) is 38.2. The molecule has 1 atom stereocenters. The van der Waals surface area contributed by atoms with Gasteiger partial charge in [-0.25, -0.2) is 19.2 Å². The van der Waals surface area contributed by atoms with E-state index in [2.05, 4.69) is 52.7 Å². The van der Waals surface area contributed by atoms with Crippen LogP contribution in [0, 0.1) is 0 Å². The molecule has 0 aromatic rings. The number of nitrogens with one attached hydrogen (secondary N) is 6. The molecule has 0 rings (SSSR count). The van der Waals surface area contributed by atoms with E-state index in [4.69, 9.17) is 4.74 Å². The third-order valence-electron chi connectivity index (χ3n) is 10.9. The Balaban J connectivity index is 4.38. The van der Waals surface area contributed by atoms with Crippen molar-refractivity contribution in [2.75, 3.05) is 39.3 Å². The predicted octanol–water partition coefficient (Wildman–Crippen LogP) is 11.7. The molecule has 0 fully saturated rings. The van der Waals surface area contributed by atoms with Crippen LogP contribution in [-0.2, 0) is 9.53 Å². The number of amides is 6. The summed E-state index contributed by atoms with van der Waals surface area (Å²) in [6, 6.07) is -1.64. The Hall–Kier alpha value is -2.72. The monoisotopic (exact) mass is 823 g/mol. The SMILES string of the molecule is CCCCCCCCCCCCNC(=O)NCCCCC(NC(=O)NCCCCCCCCCCCC)C(=O)OCCNC(=O)NCCCCCCCCCCCC. The first-order valence-corrected chi connectivity index (χ1v) is 24.7. The molecule has 0 bridgehead atoms. The second kappa shape index (κ2) is 45.4. The van der Waals surface area contributed by atoms with Gasteiger partial charge in [-0.15, -0.1) is 0 Å². The minimum Gasteiger partial charge on any atom is -0.462 e. The normalized spacial score (nSPS) is 11.5. The van der Waals surface area contributed by atoms with E-state index in [1.807, 2.05) is 0 Å². The first-order chi connectivity index (χ1) is 28.4. The van der Waals surface area contributed by atoms with Crippen LogP contribution in [0.5, 0.6) is 0 Å². The van der Waals surface area contributed by atoms with Gasteiger partial charge in [-0.05, 0) is 38.5 Å². The maximum absolute atomic E-state index is 13.0. The number of hydrogen-bond acceptors (Lipinski definition) is 5. The Bertz CT molecular complexity index is 939. The minimum absolute atomic E-state index is 0.0175. The van der Waals surface area contributed by atoms with Crippen LogP contribution < -0.4 is 31.9 Å². The molecule has 6 amide bonds. The van der Waals surface area contributed by atoms with E-state index in [1.54, 1.807) is 0 Å². The lowest BCUT2D eigenvalue weighted by molar-refractivity contribution is -0.145. The van der Waals surface area contributed by atoms with Gasteiger partial charge in [-0.1, -0.05) is 194 Å². The second-order valence-corrected chi connectivity index (χ2v) is 16.5. The summed E-state index contributed by atoms with van der Waals surface area (Å²) >= 11 is 0. The Kier molecular flexibility index (Phi) is 43.2. The van der Waals surface area contributed by atoms with Crippen LogP contribution in [0.4, 0.5) is 14.4 Å². The summed E-state index contributed by atoms with van der Waals surface area (Å²) in [5, 5.41) is 17.2. The van der Waals surface area contributed by atoms with Gasteiger partial charge in [-0.2, -0.15) is 0 Å². The van der Waals surface area contributed by atoms with Gasteiger partial charge in [0.05, 0.1) is 6.54 Å². The van der Waals surface area contributed by atoms with Crippen LogP contribution in [0.25, 0.3) is 0 Å². The number of hydrogen-bond donors (Lipinski definition) is 6. The molecule has 11 heteroatoms. The van der Waals surface area contributed by atoms with Crippen LogP contribution in [-0.4, -0.2) is 69.4 Å². The summed E-state index contributed by atoms with van der Waals surface area (Å²) in [6.45, 7) is 9.27. The van der Waals surface area contributed by atoms with E-state index in [9.17, 15) is 19.2 Å². The second-order valence-electron chi connectivity index (χ2n) is 16.5. The minimum atomic E-state index is -0.817. The summed E-state index contributed by atoms with van der Waals surface area (Å²) in [5.74, 6) is -0.524. The van der Waals surface area contributed by atoms with Crippen molar-refractivity contribution in [1.82, 2.24) is 31.9 Å². The number of urea groups is 3. The van der Waals surface area contributed by atoms with Crippen molar-refractivity contribution < 1.29 is 23.9 Å². The lowest BCUT2D eigenvalue weighted by Crippen LogP contribution is -2.47. The molecule has 0 saturated heterocycles. The van der Waals surface area contributed by atoms with Gasteiger partial charge in [0.15, 0.2) is 0 Å². The van der Waals surface area contributed by atoms with Gasteiger partial charge in [-0.3, -0.25) is 0 Å². The molecule has 0 saturated carbocycles. The first kappa shape index (κ1) is 55.3. The van der Waals surface area contributed by atoms with Crippen LogP contribution in [0.15, 0.2) is 0 Å². The van der Waals surface area contributed by atoms with Crippen molar-refractivity contribution in [3.63, 3.8) is 0 Å². The van der Waals surface area contributed by atoms with Crippen molar-refractivity contribution in [3.8, 4) is 0 Å². The number of carbonyl (C=O) groups is 4. The number of carbonyl (C=O) groups excluding carboxylic acids is 4. The van der Waals surface area contributed by atoms with Gasteiger partial charge in [0.25, 0.3) is 0 Å². The summed E-state index contributed by atoms with van der Waals surface area (Å²) in [6.07, 6.45) is 39.0. The summed E-state index contributed by atoms with van der Waals surface area (Å²) < 4.78 is 5.48. The molecule has 0 heterocycles. The van der Waals surface area contributed by atoms with Crippen molar-refractivity contribution in [2.24, 2.45) is 0 Å². The highest BCUT2D eigenvalue weighted by atomic mass is 16.5. The number of rotatable bonds is 43. The Morgan fingerprint density at radius 3 is 0.966 bits per heavy atom. The predicted molar refractivity (Wildman–Crippen MR) is 243 cm³/mol. The average molecular weight is 823 g/mol. The van der Waals surface area contributed by atoms with Gasteiger partial charge in [0, 0.05) is 26.2 Å². The molecule has 0 aliphatic rings. The van der Waals surface area contributed by atoms with Gasteiger partial charge < -0.3 is 36.6 Å². The molecular formula is C47H94N6O5. The third-order valence-corrected chi connectivity index (χ3v) is 10.9. The fraction of sp³-hybridized carbons (Fsp3) is 0.915. The van der Waals surface area contributed by atoms with Crippen molar-refractivity contribution >= 4 is 24.1 Å². The lowest BCUT2D eigenvalue weighted by Gasteiger charge is -2.18. The number of esters is 1. The maximum atomic E-state index is 13.0. The molecule has 342 valence electrons. The Labute approximate surface area is 357 Å². The number of unbranched alkanes of at least 4 members (excludes halogenated alkanes) is 28. The Morgan fingerprint density at radius 2 is 0.621 bits per heavy atom. The first-order valence-electron chi connectivity index (χ1n) is 24.7. The van der Waals surface area contributed by atoms with E-state index >= 15 is 0 Å². The Morgan fingerprint density at radius 1 is 0.345 bits per heavy atom. The zero-order valence-electron chi connectivity index (χ0n) is 38.2. The molecule has 58 heavy (non-hydrogen) atoms. The molecule has 0 aliphatic carbocycles.